The Bertz CT molecular complexity index is 632. The lowest BCUT2D eigenvalue weighted by molar-refractivity contribution is 0.102. The summed E-state index contributed by atoms with van der Waals surface area (Å²) in [5.74, 6) is 0.140. The lowest BCUT2D eigenvalue weighted by Crippen LogP contribution is -2.13. The first-order valence-electron chi connectivity index (χ1n) is 6.35. The normalized spacial score (nSPS) is 11.1. The highest BCUT2D eigenvalue weighted by molar-refractivity contribution is 7.15. The molecule has 7 heteroatoms. The zero-order valence-electron chi connectivity index (χ0n) is 11.9. The van der Waals surface area contributed by atoms with Crippen LogP contribution in [0.4, 0.5) is 5.13 Å². The summed E-state index contributed by atoms with van der Waals surface area (Å²) in [6.45, 7) is 8.55. The van der Waals surface area contributed by atoms with Crippen LogP contribution in [0.1, 0.15) is 34.8 Å². The highest BCUT2D eigenvalue weighted by Gasteiger charge is 2.21. The molecule has 1 amide bonds. The molecule has 2 heterocycles. The Kier molecular flexibility index (Phi) is 4.45. The summed E-state index contributed by atoms with van der Waals surface area (Å²) < 4.78 is 1.67. The van der Waals surface area contributed by atoms with Crippen molar-refractivity contribution >= 4 is 34.0 Å². The van der Waals surface area contributed by atoms with Crippen LogP contribution in [-0.2, 0) is 6.54 Å². The van der Waals surface area contributed by atoms with Gasteiger partial charge in [-0.15, -0.1) is 11.3 Å². The van der Waals surface area contributed by atoms with E-state index in [2.05, 4.69) is 29.2 Å². The predicted molar refractivity (Wildman–Crippen MR) is 81.6 cm³/mol. The molecule has 0 aliphatic carbocycles. The van der Waals surface area contributed by atoms with Crippen molar-refractivity contribution in [3.63, 3.8) is 0 Å². The second-order valence-corrected chi connectivity index (χ2v) is 6.65. The molecule has 0 bridgehead atoms. The van der Waals surface area contributed by atoms with Crippen molar-refractivity contribution in [3.05, 3.63) is 27.5 Å². The van der Waals surface area contributed by atoms with Crippen LogP contribution in [0.5, 0.6) is 0 Å². The minimum atomic E-state index is -0.267. The number of nitrogens with one attached hydrogen (secondary N) is 1. The highest BCUT2D eigenvalue weighted by atomic mass is 35.5. The average Bonchev–Trinajstić information content (AvgIpc) is 2.83. The molecule has 0 aliphatic rings. The van der Waals surface area contributed by atoms with Crippen LogP contribution in [0.15, 0.2) is 6.20 Å². The summed E-state index contributed by atoms with van der Waals surface area (Å²) in [6.07, 6.45) is 1.72. The number of thiazole rings is 1. The lowest BCUT2D eigenvalue weighted by atomic mass is 10.2. The van der Waals surface area contributed by atoms with E-state index in [0.717, 1.165) is 4.88 Å². The van der Waals surface area contributed by atoms with Crippen LogP contribution in [0, 0.1) is 19.8 Å². The monoisotopic (exact) mass is 312 g/mol. The molecular weight excluding hydrogens is 296 g/mol. The van der Waals surface area contributed by atoms with Crippen molar-refractivity contribution in [2.24, 2.45) is 5.92 Å². The van der Waals surface area contributed by atoms with Gasteiger partial charge in [-0.05, 0) is 19.8 Å². The van der Waals surface area contributed by atoms with E-state index < -0.39 is 0 Å². The van der Waals surface area contributed by atoms with Gasteiger partial charge >= 0.3 is 0 Å². The van der Waals surface area contributed by atoms with Crippen molar-refractivity contribution in [2.45, 2.75) is 34.2 Å². The minimum Gasteiger partial charge on any atom is -0.298 e. The van der Waals surface area contributed by atoms with Crippen molar-refractivity contribution in [1.29, 1.82) is 0 Å². The first-order chi connectivity index (χ1) is 9.38. The highest BCUT2D eigenvalue weighted by Crippen LogP contribution is 2.23. The zero-order valence-corrected chi connectivity index (χ0v) is 13.5. The molecule has 2 aromatic rings. The van der Waals surface area contributed by atoms with Crippen molar-refractivity contribution in [3.8, 4) is 0 Å². The third kappa shape index (κ3) is 3.19. The molecule has 2 aromatic heterocycles. The Morgan fingerprint density at radius 1 is 1.50 bits per heavy atom. The van der Waals surface area contributed by atoms with Crippen LogP contribution in [0.2, 0.25) is 5.15 Å². The Labute approximate surface area is 127 Å². The number of amides is 1. The molecule has 0 fully saturated rings. The van der Waals surface area contributed by atoms with E-state index in [0.29, 0.717) is 34.0 Å². The first-order valence-corrected chi connectivity index (χ1v) is 7.54. The molecule has 5 nitrogen and oxygen atoms in total. The van der Waals surface area contributed by atoms with Crippen molar-refractivity contribution in [1.82, 2.24) is 14.8 Å². The first kappa shape index (κ1) is 15.0. The maximum Gasteiger partial charge on any atom is 0.262 e. The van der Waals surface area contributed by atoms with E-state index in [1.165, 1.54) is 11.3 Å². The Morgan fingerprint density at radius 3 is 2.75 bits per heavy atom. The van der Waals surface area contributed by atoms with Gasteiger partial charge < -0.3 is 0 Å². The number of nitrogens with zero attached hydrogens (tertiary/aromatic N) is 3. The van der Waals surface area contributed by atoms with E-state index in [-0.39, 0.29) is 5.91 Å². The molecule has 0 saturated carbocycles. The van der Waals surface area contributed by atoms with E-state index in [1.807, 2.05) is 6.92 Å². The molecule has 0 saturated heterocycles. The van der Waals surface area contributed by atoms with Gasteiger partial charge in [-0.2, -0.15) is 5.10 Å². The van der Waals surface area contributed by atoms with E-state index in [4.69, 9.17) is 11.6 Å². The standard InChI is InChI=1S/C13H17ClN4OS/c1-7(2)6-18-11(14)10(9(4)17-18)12(19)16-13-15-5-8(3)20-13/h5,7H,6H2,1-4H3,(H,15,16,19). The van der Waals surface area contributed by atoms with Gasteiger partial charge in [0.2, 0.25) is 0 Å². The van der Waals surface area contributed by atoms with Gasteiger partial charge in [0, 0.05) is 17.6 Å². The number of anilines is 1. The fourth-order valence-electron chi connectivity index (χ4n) is 1.85. The van der Waals surface area contributed by atoms with Gasteiger partial charge in [-0.1, -0.05) is 25.4 Å². The molecule has 0 aliphatic heterocycles. The number of carbonyl (C=O) groups excluding carboxylic acids is 1. The zero-order chi connectivity index (χ0) is 14.9. The molecule has 20 heavy (non-hydrogen) atoms. The molecule has 2 rings (SSSR count). The van der Waals surface area contributed by atoms with Crippen LogP contribution < -0.4 is 5.32 Å². The molecule has 0 aromatic carbocycles. The van der Waals surface area contributed by atoms with Crippen molar-refractivity contribution < 1.29 is 4.79 Å². The molecular formula is C13H17ClN4OS. The summed E-state index contributed by atoms with van der Waals surface area (Å²) in [5, 5.41) is 8.03. The summed E-state index contributed by atoms with van der Waals surface area (Å²) in [6, 6.07) is 0. The van der Waals surface area contributed by atoms with E-state index in [1.54, 1.807) is 17.8 Å². The van der Waals surface area contributed by atoms with Crippen LogP contribution in [0.25, 0.3) is 0 Å². The Balaban J connectivity index is 2.23. The molecule has 0 unspecified atom stereocenters. The summed E-state index contributed by atoms with van der Waals surface area (Å²) in [5.41, 5.74) is 1.04. The van der Waals surface area contributed by atoms with Crippen LogP contribution >= 0.6 is 22.9 Å². The van der Waals surface area contributed by atoms with Gasteiger partial charge in [-0.25, -0.2) is 4.98 Å². The lowest BCUT2D eigenvalue weighted by Gasteiger charge is -2.06. The summed E-state index contributed by atoms with van der Waals surface area (Å²) in [4.78, 5) is 17.4. The van der Waals surface area contributed by atoms with Crippen molar-refractivity contribution in [2.75, 3.05) is 5.32 Å². The van der Waals surface area contributed by atoms with Gasteiger partial charge in [-0.3, -0.25) is 14.8 Å². The number of hydrogen-bond donors (Lipinski definition) is 1. The van der Waals surface area contributed by atoms with E-state index in [9.17, 15) is 4.79 Å². The Hall–Kier alpha value is -1.40. The second kappa shape index (κ2) is 5.93. The fraction of sp³-hybridized carbons (Fsp3) is 0.462. The minimum absolute atomic E-state index is 0.267. The number of hydrogen-bond acceptors (Lipinski definition) is 4. The molecule has 0 radical (unpaired) electrons. The summed E-state index contributed by atoms with van der Waals surface area (Å²) in [7, 11) is 0. The molecule has 0 atom stereocenters. The van der Waals surface area contributed by atoms with Crippen LogP contribution in [0.3, 0.4) is 0 Å². The molecule has 108 valence electrons. The third-order valence-electron chi connectivity index (χ3n) is 2.67. The molecule has 1 N–H and O–H groups in total. The number of aryl methyl sites for hydroxylation is 2. The topological polar surface area (TPSA) is 59.8 Å². The summed E-state index contributed by atoms with van der Waals surface area (Å²) >= 11 is 7.69. The predicted octanol–water partition coefficient (Wildman–Crippen LogP) is 3.52. The second-order valence-electron chi connectivity index (χ2n) is 5.06. The van der Waals surface area contributed by atoms with E-state index >= 15 is 0 Å². The Morgan fingerprint density at radius 2 is 2.20 bits per heavy atom. The number of aromatic nitrogens is 3. The number of carbonyl (C=O) groups is 1. The third-order valence-corrected chi connectivity index (χ3v) is 3.88. The number of halogens is 1. The van der Waals surface area contributed by atoms with Crippen LogP contribution in [-0.4, -0.2) is 20.7 Å². The average molecular weight is 313 g/mol. The smallest absolute Gasteiger partial charge is 0.262 e. The van der Waals surface area contributed by atoms with Gasteiger partial charge in [0.1, 0.15) is 5.15 Å². The van der Waals surface area contributed by atoms with Gasteiger partial charge in [0.15, 0.2) is 5.13 Å². The number of rotatable bonds is 4. The maximum atomic E-state index is 12.3. The largest absolute Gasteiger partial charge is 0.298 e. The fourth-order valence-corrected chi connectivity index (χ4v) is 2.84. The quantitative estimate of drug-likeness (QED) is 0.939. The van der Waals surface area contributed by atoms with Gasteiger partial charge in [0.25, 0.3) is 5.91 Å². The van der Waals surface area contributed by atoms with Gasteiger partial charge in [0.05, 0.1) is 11.3 Å². The maximum absolute atomic E-state index is 12.3. The molecule has 0 spiro atoms. The SMILES string of the molecule is Cc1cnc(NC(=O)c2c(C)nn(CC(C)C)c2Cl)s1.